The normalized spacial score (nSPS) is 11.3. The van der Waals surface area contributed by atoms with E-state index in [0.29, 0.717) is 18.0 Å². The number of alkyl halides is 1. The van der Waals surface area contributed by atoms with Crippen LogP contribution in [-0.4, -0.2) is 35.2 Å². The third-order valence-corrected chi connectivity index (χ3v) is 5.25. The van der Waals surface area contributed by atoms with Crippen LogP contribution in [0.2, 0.25) is 0 Å². The van der Waals surface area contributed by atoms with Crippen molar-refractivity contribution in [3.8, 4) is 5.69 Å². The third-order valence-electron chi connectivity index (χ3n) is 2.84. The maximum Gasteiger partial charge on any atom is 0.354 e. The standard InChI is InChI=1S/C12H16FN3O2S2/c1-7-8(2)20-11(19-6-5-18-4-3-13)9-10(14)15-12(17)16(7)9/h3-6H2,1-2H3,(H2,14,15,17). The summed E-state index contributed by atoms with van der Waals surface area (Å²) in [5.41, 5.74) is 7.01. The van der Waals surface area contributed by atoms with Crippen molar-refractivity contribution in [3.05, 3.63) is 21.1 Å². The van der Waals surface area contributed by atoms with Crippen molar-refractivity contribution in [2.45, 2.75) is 18.1 Å². The molecule has 2 heterocycles. The predicted molar refractivity (Wildman–Crippen MR) is 80.3 cm³/mol. The van der Waals surface area contributed by atoms with E-state index in [1.807, 2.05) is 13.8 Å². The molecule has 0 aromatic carbocycles. The molecule has 2 aliphatic heterocycles. The van der Waals surface area contributed by atoms with Gasteiger partial charge in [-0.15, -0.1) is 23.1 Å². The van der Waals surface area contributed by atoms with E-state index in [0.717, 1.165) is 14.8 Å². The van der Waals surface area contributed by atoms with Crippen LogP contribution in [0.1, 0.15) is 10.6 Å². The lowest BCUT2D eigenvalue weighted by molar-refractivity contribution is 0.133. The van der Waals surface area contributed by atoms with E-state index in [1.165, 1.54) is 0 Å². The summed E-state index contributed by atoms with van der Waals surface area (Å²) in [5, 5.41) is 0. The number of thioether (sulfide) groups is 1. The zero-order valence-electron chi connectivity index (χ0n) is 11.3. The van der Waals surface area contributed by atoms with E-state index < -0.39 is 6.67 Å². The molecule has 0 saturated heterocycles. The summed E-state index contributed by atoms with van der Waals surface area (Å²) >= 11 is 3.12. The Kier molecular flexibility index (Phi) is 5.00. The van der Waals surface area contributed by atoms with Gasteiger partial charge in [-0.25, -0.2) is 9.18 Å². The van der Waals surface area contributed by atoms with Crippen LogP contribution in [-0.2, 0) is 4.74 Å². The Morgan fingerprint density at radius 1 is 1.45 bits per heavy atom. The van der Waals surface area contributed by atoms with E-state index in [2.05, 4.69) is 4.98 Å². The minimum absolute atomic E-state index is 0.117. The van der Waals surface area contributed by atoms with Gasteiger partial charge in [0.05, 0.1) is 17.4 Å². The van der Waals surface area contributed by atoms with Gasteiger partial charge in [0, 0.05) is 16.3 Å². The van der Waals surface area contributed by atoms with E-state index in [-0.39, 0.29) is 18.1 Å². The van der Waals surface area contributed by atoms with Crippen molar-refractivity contribution in [3.63, 3.8) is 0 Å². The van der Waals surface area contributed by atoms with Gasteiger partial charge in [-0.1, -0.05) is 0 Å². The fourth-order valence-electron chi connectivity index (χ4n) is 1.79. The number of anilines is 1. The van der Waals surface area contributed by atoms with Gasteiger partial charge in [-0.3, -0.25) is 4.57 Å². The van der Waals surface area contributed by atoms with Crippen LogP contribution in [0.5, 0.6) is 0 Å². The number of imidazole rings is 1. The number of halogens is 1. The van der Waals surface area contributed by atoms with Crippen LogP contribution in [0, 0.1) is 13.8 Å². The molecule has 0 atom stereocenters. The second kappa shape index (κ2) is 6.55. The molecule has 0 saturated carbocycles. The molecule has 2 rings (SSSR count). The highest BCUT2D eigenvalue weighted by atomic mass is 32.2. The highest BCUT2D eigenvalue weighted by Gasteiger charge is 2.21. The predicted octanol–water partition coefficient (Wildman–Crippen LogP) is 2.01. The van der Waals surface area contributed by atoms with Crippen molar-refractivity contribution in [1.82, 2.24) is 9.55 Å². The Hall–Kier alpha value is -1.12. The third kappa shape index (κ3) is 2.97. The summed E-state index contributed by atoms with van der Waals surface area (Å²) in [7, 11) is 0. The molecule has 5 nitrogen and oxygen atoms in total. The first-order valence-electron chi connectivity index (χ1n) is 6.11. The Morgan fingerprint density at radius 2 is 2.20 bits per heavy atom. The average Bonchev–Trinajstić information content (AvgIpc) is 2.70. The highest BCUT2D eigenvalue weighted by molar-refractivity contribution is 8.01. The first kappa shape index (κ1) is 15.3. The molecular formula is C12H16FN3O2S2. The van der Waals surface area contributed by atoms with E-state index in [1.54, 1.807) is 27.7 Å². The van der Waals surface area contributed by atoms with E-state index in [9.17, 15) is 9.18 Å². The smallest absolute Gasteiger partial charge is 0.354 e. The van der Waals surface area contributed by atoms with Gasteiger partial charge in [0.2, 0.25) is 0 Å². The number of nitrogens with zero attached hydrogens (tertiary/aromatic N) is 2. The number of nitrogen functional groups attached to an aromatic ring is 1. The van der Waals surface area contributed by atoms with Crippen molar-refractivity contribution in [1.29, 1.82) is 0 Å². The Bertz CT molecular complexity index is 626. The molecule has 8 heteroatoms. The molecular weight excluding hydrogens is 301 g/mol. The van der Waals surface area contributed by atoms with Crippen molar-refractivity contribution in [2.24, 2.45) is 0 Å². The fraction of sp³-hybridized carbons (Fsp3) is 0.500. The number of aromatic nitrogens is 2. The number of rotatable bonds is 6. The van der Waals surface area contributed by atoms with Gasteiger partial charge < -0.3 is 10.5 Å². The second-order valence-corrected chi connectivity index (χ2v) is 6.73. The molecule has 0 aromatic heterocycles. The SMILES string of the molecule is Cc1sc(SCCOCCF)c2c(N)nc(=O)n-2c1C. The Labute approximate surface area is 124 Å². The molecule has 20 heavy (non-hydrogen) atoms. The van der Waals surface area contributed by atoms with E-state index in [4.69, 9.17) is 10.5 Å². The molecule has 0 aliphatic carbocycles. The Morgan fingerprint density at radius 3 is 2.90 bits per heavy atom. The number of aryl methyl sites for hydroxylation is 1. The molecule has 0 aromatic rings. The molecule has 0 bridgehead atoms. The lowest BCUT2D eigenvalue weighted by Crippen LogP contribution is -2.17. The minimum atomic E-state index is -0.476. The molecule has 0 amide bonds. The van der Waals surface area contributed by atoms with Gasteiger partial charge in [-0.2, -0.15) is 4.98 Å². The van der Waals surface area contributed by atoms with Crippen LogP contribution in [0.3, 0.4) is 0 Å². The number of ether oxygens (including phenoxy) is 1. The number of nitrogens with two attached hydrogens (primary N) is 1. The van der Waals surface area contributed by atoms with Crippen LogP contribution in [0.4, 0.5) is 10.2 Å². The van der Waals surface area contributed by atoms with Crippen LogP contribution in [0.25, 0.3) is 5.69 Å². The molecule has 0 unspecified atom stereocenters. The zero-order valence-corrected chi connectivity index (χ0v) is 12.9. The summed E-state index contributed by atoms with van der Waals surface area (Å²) in [4.78, 5) is 16.7. The molecule has 2 aliphatic rings. The minimum Gasteiger partial charge on any atom is -0.382 e. The highest BCUT2D eigenvalue weighted by Crippen LogP contribution is 2.36. The summed E-state index contributed by atoms with van der Waals surface area (Å²) in [6.45, 7) is 3.93. The zero-order chi connectivity index (χ0) is 14.7. The van der Waals surface area contributed by atoms with Gasteiger partial charge >= 0.3 is 5.69 Å². The topological polar surface area (TPSA) is 70.1 Å². The van der Waals surface area contributed by atoms with Gasteiger partial charge in [0.1, 0.15) is 12.4 Å². The molecule has 110 valence electrons. The van der Waals surface area contributed by atoms with Gasteiger partial charge in [0.15, 0.2) is 5.82 Å². The summed E-state index contributed by atoms with van der Waals surface area (Å²) in [5.74, 6) is 0.925. The lowest BCUT2D eigenvalue weighted by atomic mass is 10.4. The number of fused-ring (bicyclic) bond motifs is 1. The van der Waals surface area contributed by atoms with Crippen molar-refractivity contribution < 1.29 is 9.13 Å². The first-order chi connectivity index (χ1) is 9.56. The molecule has 2 N–H and O–H groups in total. The quantitative estimate of drug-likeness (QED) is 0.652. The van der Waals surface area contributed by atoms with Crippen LogP contribution < -0.4 is 11.4 Å². The average molecular weight is 317 g/mol. The molecule has 0 radical (unpaired) electrons. The lowest BCUT2D eigenvalue weighted by Gasteiger charge is -2.14. The maximum atomic E-state index is 11.9. The summed E-state index contributed by atoms with van der Waals surface area (Å²) < 4.78 is 19.5. The number of hydrogen-bond acceptors (Lipinski definition) is 6. The monoisotopic (exact) mass is 317 g/mol. The Balaban J connectivity index is 2.24. The van der Waals surface area contributed by atoms with Crippen molar-refractivity contribution in [2.75, 3.05) is 31.4 Å². The largest absolute Gasteiger partial charge is 0.382 e. The van der Waals surface area contributed by atoms with Gasteiger partial charge in [-0.05, 0) is 13.8 Å². The molecule has 0 fully saturated rings. The fourth-order valence-corrected chi connectivity index (χ4v) is 4.18. The van der Waals surface area contributed by atoms with Gasteiger partial charge in [0.25, 0.3) is 0 Å². The van der Waals surface area contributed by atoms with Crippen molar-refractivity contribution >= 4 is 28.9 Å². The van der Waals surface area contributed by atoms with Crippen LogP contribution >= 0.6 is 23.1 Å². The van der Waals surface area contributed by atoms with E-state index >= 15 is 0 Å². The second-order valence-electron chi connectivity index (χ2n) is 4.14. The maximum absolute atomic E-state index is 11.9. The summed E-state index contributed by atoms with van der Waals surface area (Å²) in [6, 6.07) is 0. The molecule has 0 spiro atoms. The number of hydrogen-bond donors (Lipinski definition) is 1. The first-order valence-corrected chi connectivity index (χ1v) is 7.91. The van der Waals surface area contributed by atoms with Crippen LogP contribution in [0.15, 0.2) is 9.00 Å². The summed E-state index contributed by atoms with van der Waals surface area (Å²) in [6.07, 6.45) is 0.